The second-order valence-corrected chi connectivity index (χ2v) is 9.11. The standard InChI is InChI=1S/C23H33NO6/c1-4-5-6-7-8-13(2)11-14(3)9-10-16(25)24-15-12-23(30-22(15)27)20-18(28-20)17(26)19-21(23)29-19/h9-11,13,17-21,26-27H,4-8,12H2,1-3H3,(H,24,25)/b10-9+,14-11+. The molecule has 0 radical (unpaired) electrons. The van der Waals surface area contributed by atoms with Crippen molar-refractivity contribution in [3.63, 3.8) is 0 Å². The van der Waals surface area contributed by atoms with E-state index in [9.17, 15) is 15.0 Å². The molecule has 3 heterocycles. The van der Waals surface area contributed by atoms with Gasteiger partial charge in [0.2, 0.25) is 5.91 Å². The van der Waals surface area contributed by atoms with Gasteiger partial charge in [0.15, 0.2) is 5.60 Å². The number of aliphatic hydroxyl groups is 2. The quantitative estimate of drug-likeness (QED) is 0.230. The lowest BCUT2D eigenvalue weighted by Crippen LogP contribution is -2.50. The number of fused-ring (bicyclic) bond motifs is 4. The maximum atomic E-state index is 12.4. The summed E-state index contributed by atoms with van der Waals surface area (Å²) < 4.78 is 16.8. The molecular formula is C23H33NO6. The molecule has 5 atom stereocenters. The SMILES string of the molecule is CCCCCCC(C)/C=C(C)/C=C/C(=O)NC1=C(O)OC2(C1)C1OC1C(O)C1OC12. The topological polar surface area (TPSA) is 104 Å². The number of ether oxygens (including phenoxy) is 3. The van der Waals surface area contributed by atoms with Crippen molar-refractivity contribution in [3.8, 4) is 0 Å². The van der Waals surface area contributed by atoms with Crippen LogP contribution in [0.15, 0.2) is 35.4 Å². The molecule has 166 valence electrons. The highest BCUT2D eigenvalue weighted by molar-refractivity contribution is 5.89. The number of amides is 1. The van der Waals surface area contributed by atoms with Crippen molar-refractivity contribution in [2.24, 2.45) is 5.92 Å². The molecule has 4 aliphatic rings. The highest BCUT2D eigenvalue weighted by Crippen LogP contribution is 2.58. The van der Waals surface area contributed by atoms with E-state index in [1.165, 1.54) is 31.8 Å². The van der Waals surface area contributed by atoms with Crippen molar-refractivity contribution in [2.45, 2.75) is 95.4 Å². The molecule has 30 heavy (non-hydrogen) atoms. The molecule has 5 unspecified atom stereocenters. The van der Waals surface area contributed by atoms with Gasteiger partial charge in [-0.15, -0.1) is 0 Å². The van der Waals surface area contributed by atoms with E-state index in [0.717, 1.165) is 12.0 Å². The van der Waals surface area contributed by atoms with Gasteiger partial charge in [0, 0.05) is 12.5 Å². The van der Waals surface area contributed by atoms with Gasteiger partial charge in [-0.05, 0) is 19.3 Å². The Kier molecular flexibility index (Phi) is 5.97. The van der Waals surface area contributed by atoms with E-state index in [4.69, 9.17) is 14.2 Å². The van der Waals surface area contributed by atoms with Gasteiger partial charge in [-0.25, -0.2) is 0 Å². The Bertz CT molecular complexity index is 754. The van der Waals surface area contributed by atoms with Gasteiger partial charge in [0.1, 0.15) is 36.2 Å². The van der Waals surface area contributed by atoms with Crippen molar-refractivity contribution in [1.82, 2.24) is 5.32 Å². The van der Waals surface area contributed by atoms with Gasteiger partial charge in [0.05, 0.1) is 0 Å². The molecule has 1 amide bonds. The number of carbonyl (C=O) groups is 1. The van der Waals surface area contributed by atoms with E-state index in [2.05, 4.69) is 25.2 Å². The first kappa shape index (κ1) is 21.4. The van der Waals surface area contributed by atoms with Gasteiger partial charge in [0.25, 0.3) is 5.95 Å². The van der Waals surface area contributed by atoms with Crippen LogP contribution in [0.4, 0.5) is 0 Å². The summed E-state index contributed by atoms with van der Waals surface area (Å²) in [6, 6.07) is 0. The van der Waals surface area contributed by atoms with Crippen LogP contribution < -0.4 is 5.32 Å². The van der Waals surface area contributed by atoms with E-state index >= 15 is 0 Å². The molecule has 0 aromatic carbocycles. The van der Waals surface area contributed by atoms with Crippen LogP contribution in [-0.4, -0.2) is 52.2 Å². The minimum Gasteiger partial charge on any atom is -0.480 e. The molecule has 1 saturated carbocycles. The highest BCUT2D eigenvalue weighted by atomic mass is 16.7. The van der Waals surface area contributed by atoms with Gasteiger partial charge < -0.3 is 29.7 Å². The van der Waals surface area contributed by atoms with E-state index in [-0.39, 0.29) is 42.7 Å². The number of epoxide rings is 2. The fraction of sp³-hybridized carbons (Fsp3) is 0.696. The second-order valence-electron chi connectivity index (χ2n) is 9.11. The minimum atomic E-state index is -0.853. The molecule has 2 saturated heterocycles. The lowest BCUT2D eigenvalue weighted by Gasteiger charge is -2.28. The molecule has 7 nitrogen and oxygen atoms in total. The zero-order valence-corrected chi connectivity index (χ0v) is 18.0. The number of hydrogen-bond acceptors (Lipinski definition) is 6. The summed E-state index contributed by atoms with van der Waals surface area (Å²) in [7, 11) is 0. The first-order valence-corrected chi connectivity index (χ1v) is 11.1. The highest BCUT2D eigenvalue weighted by Gasteiger charge is 2.78. The molecule has 1 spiro atoms. The van der Waals surface area contributed by atoms with Crippen molar-refractivity contribution < 1.29 is 29.2 Å². The molecule has 0 aromatic heterocycles. The number of nitrogens with one attached hydrogen (secondary N) is 1. The van der Waals surface area contributed by atoms with Crippen molar-refractivity contribution in [2.75, 3.05) is 0 Å². The molecule has 3 N–H and O–H groups in total. The average molecular weight is 420 g/mol. The van der Waals surface area contributed by atoms with Crippen molar-refractivity contribution in [1.29, 1.82) is 0 Å². The molecular weight excluding hydrogens is 386 g/mol. The van der Waals surface area contributed by atoms with Crippen LogP contribution in [-0.2, 0) is 19.0 Å². The lowest BCUT2D eigenvalue weighted by molar-refractivity contribution is -0.115. The summed E-state index contributed by atoms with van der Waals surface area (Å²) in [5.41, 5.74) is 0.513. The Morgan fingerprint density at radius 2 is 1.93 bits per heavy atom. The largest absolute Gasteiger partial charge is 0.480 e. The van der Waals surface area contributed by atoms with E-state index in [0.29, 0.717) is 11.6 Å². The van der Waals surface area contributed by atoms with Crippen LogP contribution in [0.1, 0.15) is 59.3 Å². The number of unbranched alkanes of at least 4 members (excludes halogenated alkanes) is 3. The summed E-state index contributed by atoms with van der Waals surface area (Å²) in [4.78, 5) is 12.4. The summed E-state index contributed by atoms with van der Waals surface area (Å²) in [5, 5.41) is 23.0. The van der Waals surface area contributed by atoms with Gasteiger partial charge in [-0.3, -0.25) is 4.79 Å². The van der Waals surface area contributed by atoms with E-state index in [1.807, 2.05) is 6.92 Å². The van der Waals surface area contributed by atoms with Crippen LogP contribution in [0.2, 0.25) is 0 Å². The van der Waals surface area contributed by atoms with Crippen LogP contribution in [0.5, 0.6) is 0 Å². The van der Waals surface area contributed by atoms with Gasteiger partial charge in [-0.1, -0.05) is 57.3 Å². The number of allylic oxidation sites excluding steroid dienone is 3. The predicted octanol–water partition coefficient (Wildman–Crippen LogP) is 3.01. The fourth-order valence-electron chi connectivity index (χ4n) is 4.83. The maximum absolute atomic E-state index is 12.4. The summed E-state index contributed by atoms with van der Waals surface area (Å²) in [5.74, 6) is -0.147. The van der Waals surface area contributed by atoms with Gasteiger partial charge in [-0.2, -0.15) is 0 Å². The maximum Gasteiger partial charge on any atom is 0.298 e. The first-order chi connectivity index (χ1) is 14.4. The molecule has 3 aliphatic heterocycles. The zero-order valence-electron chi connectivity index (χ0n) is 18.0. The number of carbonyl (C=O) groups excluding carboxylic acids is 1. The Hall–Kier alpha value is -1.83. The number of hydrogen-bond donors (Lipinski definition) is 3. The smallest absolute Gasteiger partial charge is 0.298 e. The molecule has 3 fully saturated rings. The third-order valence-electron chi connectivity index (χ3n) is 6.52. The normalized spacial score (nSPS) is 37.7. The van der Waals surface area contributed by atoms with Crippen LogP contribution in [0.25, 0.3) is 0 Å². The van der Waals surface area contributed by atoms with Gasteiger partial charge >= 0.3 is 0 Å². The van der Waals surface area contributed by atoms with E-state index in [1.54, 1.807) is 6.08 Å². The van der Waals surface area contributed by atoms with E-state index < -0.39 is 11.7 Å². The number of rotatable bonds is 9. The Morgan fingerprint density at radius 1 is 1.23 bits per heavy atom. The van der Waals surface area contributed by atoms with Crippen LogP contribution >= 0.6 is 0 Å². The van der Waals surface area contributed by atoms with Crippen LogP contribution in [0.3, 0.4) is 0 Å². The average Bonchev–Trinajstić information content (AvgIpc) is 3.60. The monoisotopic (exact) mass is 419 g/mol. The zero-order chi connectivity index (χ0) is 21.5. The minimum absolute atomic E-state index is 0.289. The van der Waals surface area contributed by atoms with Crippen LogP contribution in [0, 0.1) is 5.92 Å². The first-order valence-electron chi connectivity index (χ1n) is 11.1. The molecule has 0 bridgehead atoms. The predicted molar refractivity (Wildman–Crippen MR) is 110 cm³/mol. The number of aliphatic hydroxyl groups excluding tert-OH is 2. The Morgan fingerprint density at radius 3 is 2.60 bits per heavy atom. The molecule has 7 heteroatoms. The Labute approximate surface area is 177 Å². The molecule has 0 aromatic rings. The third-order valence-corrected chi connectivity index (χ3v) is 6.52. The lowest BCUT2D eigenvalue weighted by atomic mass is 9.81. The second kappa shape index (κ2) is 8.36. The summed E-state index contributed by atoms with van der Waals surface area (Å²) >= 11 is 0. The summed E-state index contributed by atoms with van der Waals surface area (Å²) in [6.45, 7) is 6.39. The third kappa shape index (κ3) is 4.15. The van der Waals surface area contributed by atoms with Crippen molar-refractivity contribution >= 4 is 5.91 Å². The molecule has 4 rings (SSSR count). The Balaban J connectivity index is 1.27. The van der Waals surface area contributed by atoms with Crippen molar-refractivity contribution in [3.05, 3.63) is 35.4 Å². The fourth-order valence-corrected chi connectivity index (χ4v) is 4.83. The summed E-state index contributed by atoms with van der Waals surface area (Å²) in [6.07, 6.45) is 9.95. The molecule has 1 aliphatic carbocycles.